The Hall–Kier alpha value is -4.96. The van der Waals surface area contributed by atoms with Crippen LogP contribution in [0, 0.1) is 6.92 Å². The minimum atomic E-state index is -0.537. The van der Waals surface area contributed by atoms with Crippen LogP contribution in [0.3, 0.4) is 0 Å². The standard InChI is InChI=1S/C28H24ClN9O/c1-15-18-10-8-17(14-23(18)36-38(15)3)37(2)24-11-12-31-28(34-24)32-16-7-9-19(21(29)13-16)27-33-22-6-4-5-20(26(30)39)25(22)35-27/h4-14H,1-3H3,(H2,30,39)(H,33,35)(H,31,32,34). The first-order valence-electron chi connectivity index (χ1n) is 12.1. The lowest BCUT2D eigenvalue weighted by Gasteiger charge is -2.19. The maximum atomic E-state index is 11.8. The minimum Gasteiger partial charge on any atom is -0.366 e. The average molecular weight is 538 g/mol. The van der Waals surface area contributed by atoms with Crippen molar-refractivity contribution < 1.29 is 4.79 Å². The Morgan fingerprint density at radius 3 is 2.74 bits per heavy atom. The quantitative estimate of drug-likeness (QED) is 0.256. The predicted octanol–water partition coefficient (Wildman–Crippen LogP) is 5.48. The molecule has 4 N–H and O–H groups in total. The summed E-state index contributed by atoms with van der Waals surface area (Å²) in [5, 5.41) is 9.40. The summed E-state index contributed by atoms with van der Waals surface area (Å²) < 4.78 is 1.88. The smallest absolute Gasteiger partial charge is 0.250 e. The van der Waals surface area contributed by atoms with E-state index in [2.05, 4.69) is 49.4 Å². The molecule has 0 fully saturated rings. The Morgan fingerprint density at radius 1 is 1.10 bits per heavy atom. The third-order valence-electron chi connectivity index (χ3n) is 6.74. The summed E-state index contributed by atoms with van der Waals surface area (Å²) in [6, 6.07) is 18.7. The number of aromatic amines is 1. The second-order valence-corrected chi connectivity index (χ2v) is 9.59. The van der Waals surface area contributed by atoms with Crippen LogP contribution in [0.5, 0.6) is 0 Å². The van der Waals surface area contributed by atoms with Crippen molar-refractivity contribution in [3.8, 4) is 11.4 Å². The molecular formula is C28H24ClN9O. The zero-order valence-electron chi connectivity index (χ0n) is 21.4. The number of aromatic nitrogens is 6. The Kier molecular flexibility index (Phi) is 5.88. The highest BCUT2D eigenvalue weighted by Crippen LogP contribution is 2.32. The molecule has 194 valence electrons. The van der Waals surface area contributed by atoms with Gasteiger partial charge in [-0.15, -0.1) is 0 Å². The van der Waals surface area contributed by atoms with Crippen molar-refractivity contribution in [1.82, 2.24) is 29.7 Å². The number of imidazole rings is 1. The van der Waals surface area contributed by atoms with Gasteiger partial charge in [0.05, 0.1) is 21.6 Å². The fraction of sp³-hybridized carbons (Fsp3) is 0.107. The van der Waals surface area contributed by atoms with E-state index < -0.39 is 5.91 Å². The number of halogens is 1. The average Bonchev–Trinajstić information content (AvgIpc) is 3.48. The van der Waals surface area contributed by atoms with Gasteiger partial charge in [0.25, 0.3) is 5.91 Å². The highest BCUT2D eigenvalue weighted by atomic mass is 35.5. The molecule has 0 radical (unpaired) electrons. The number of aryl methyl sites for hydroxylation is 2. The van der Waals surface area contributed by atoms with Gasteiger partial charge in [0.1, 0.15) is 17.2 Å². The van der Waals surface area contributed by atoms with Gasteiger partial charge in [-0.3, -0.25) is 9.48 Å². The molecule has 3 aromatic carbocycles. The van der Waals surface area contributed by atoms with Crippen molar-refractivity contribution in [2.45, 2.75) is 6.92 Å². The number of rotatable bonds is 6. The van der Waals surface area contributed by atoms with E-state index in [0.717, 1.165) is 28.1 Å². The first-order chi connectivity index (χ1) is 18.8. The Bertz CT molecular complexity index is 1890. The number of primary amides is 1. The van der Waals surface area contributed by atoms with E-state index in [1.165, 1.54) is 0 Å². The molecule has 0 unspecified atom stereocenters. The predicted molar refractivity (Wildman–Crippen MR) is 154 cm³/mol. The fourth-order valence-electron chi connectivity index (χ4n) is 4.53. The van der Waals surface area contributed by atoms with Crippen LogP contribution in [-0.4, -0.2) is 42.7 Å². The molecule has 0 aliphatic rings. The molecule has 0 aliphatic heterocycles. The first-order valence-corrected chi connectivity index (χ1v) is 12.5. The SMILES string of the molecule is Cc1c2ccc(N(C)c3ccnc(Nc4ccc(-c5nc6c(C(N)=O)cccc6[nH]5)c(Cl)c4)n3)cc2nn1C. The van der Waals surface area contributed by atoms with E-state index in [1.807, 2.05) is 54.0 Å². The number of fused-ring (bicyclic) bond motifs is 2. The Balaban J connectivity index is 1.25. The topological polar surface area (TPSA) is 131 Å². The second-order valence-electron chi connectivity index (χ2n) is 9.18. The van der Waals surface area contributed by atoms with E-state index in [9.17, 15) is 4.79 Å². The molecule has 0 saturated carbocycles. The van der Waals surface area contributed by atoms with Gasteiger partial charge in [0.2, 0.25) is 5.95 Å². The molecule has 11 heteroatoms. The molecule has 0 spiro atoms. The van der Waals surface area contributed by atoms with E-state index in [1.54, 1.807) is 24.4 Å². The number of hydrogen-bond acceptors (Lipinski definition) is 7. The maximum Gasteiger partial charge on any atom is 0.250 e. The zero-order valence-corrected chi connectivity index (χ0v) is 22.2. The van der Waals surface area contributed by atoms with Crippen molar-refractivity contribution in [1.29, 1.82) is 0 Å². The van der Waals surface area contributed by atoms with Crippen LogP contribution in [0.1, 0.15) is 16.1 Å². The molecule has 3 aromatic heterocycles. The summed E-state index contributed by atoms with van der Waals surface area (Å²) in [5.74, 6) is 1.14. The third-order valence-corrected chi connectivity index (χ3v) is 7.06. The molecule has 0 saturated heterocycles. The van der Waals surface area contributed by atoms with Gasteiger partial charge >= 0.3 is 0 Å². The Morgan fingerprint density at radius 2 is 1.95 bits per heavy atom. The van der Waals surface area contributed by atoms with E-state index in [4.69, 9.17) is 17.3 Å². The normalized spacial score (nSPS) is 11.3. The van der Waals surface area contributed by atoms with Crippen LogP contribution in [0.4, 0.5) is 23.1 Å². The molecule has 0 atom stereocenters. The fourth-order valence-corrected chi connectivity index (χ4v) is 4.80. The third kappa shape index (κ3) is 4.40. The maximum absolute atomic E-state index is 11.8. The lowest BCUT2D eigenvalue weighted by Crippen LogP contribution is -2.12. The summed E-state index contributed by atoms with van der Waals surface area (Å²) in [4.78, 5) is 30.6. The van der Waals surface area contributed by atoms with Gasteiger partial charge in [-0.05, 0) is 61.5 Å². The van der Waals surface area contributed by atoms with Crippen LogP contribution >= 0.6 is 11.6 Å². The number of nitrogens with one attached hydrogen (secondary N) is 2. The van der Waals surface area contributed by atoms with Gasteiger partial charge in [0.15, 0.2) is 0 Å². The number of hydrogen-bond donors (Lipinski definition) is 3. The number of benzene rings is 3. The summed E-state index contributed by atoms with van der Waals surface area (Å²) in [7, 11) is 3.89. The lowest BCUT2D eigenvalue weighted by molar-refractivity contribution is 0.100. The van der Waals surface area contributed by atoms with Crippen LogP contribution in [0.25, 0.3) is 33.3 Å². The summed E-state index contributed by atoms with van der Waals surface area (Å²) in [5.41, 5.74) is 11.5. The number of carbonyl (C=O) groups is 1. The molecular weight excluding hydrogens is 514 g/mol. The number of carbonyl (C=O) groups excluding carboxylic acids is 1. The van der Waals surface area contributed by atoms with Gasteiger partial charge < -0.3 is 20.9 Å². The van der Waals surface area contributed by atoms with Crippen LogP contribution in [-0.2, 0) is 7.05 Å². The molecule has 6 rings (SSSR count). The number of H-pyrrole nitrogens is 1. The monoisotopic (exact) mass is 537 g/mol. The summed E-state index contributed by atoms with van der Waals surface area (Å²) >= 11 is 6.63. The van der Waals surface area contributed by atoms with Crippen molar-refractivity contribution in [2.75, 3.05) is 17.3 Å². The molecule has 0 bridgehead atoms. The molecule has 39 heavy (non-hydrogen) atoms. The molecule has 6 aromatic rings. The summed E-state index contributed by atoms with van der Waals surface area (Å²) in [6.07, 6.45) is 1.70. The van der Waals surface area contributed by atoms with E-state index >= 15 is 0 Å². The van der Waals surface area contributed by atoms with Gasteiger partial charge in [-0.1, -0.05) is 17.7 Å². The highest BCUT2D eigenvalue weighted by Gasteiger charge is 2.15. The second kappa shape index (κ2) is 9.41. The van der Waals surface area contributed by atoms with Crippen molar-refractivity contribution in [2.24, 2.45) is 12.8 Å². The number of nitrogens with zero attached hydrogens (tertiary/aromatic N) is 6. The molecule has 1 amide bonds. The van der Waals surface area contributed by atoms with Gasteiger partial charge in [-0.25, -0.2) is 9.97 Å². The van der Waals surface area contributed by atoms with Crippen molar-refractivity contribution >= 4 is 62.6 Å². The molecule has 3 heterocycles. The van der Waals surface area contributed by atoms with Gasteiger partial charge in [-0.2, -0.15) is 10.1 Å². The first kappa shape index (κ1) is 24.4. The summed E-state index contributed by atoms with van der Waals surface area (Å²) in [6.45, 7) is 2.05. The number of para-hydroxylation sites is 1. The molecule has 0 aliphatic carbocycles. The number of nitrogens with two attached hydrogens (primary N) is 1. The van der Waals surface area contributed by atoms with E-state index in [-0.39, 0.29) is 0 Å². The largest absolute Gasteiger partial charge is 0.366 e. The minimum absolute atomic E-state index is 0.349. The van der Waals surface area contributed by atoms with E-state index in [0.29, 0.717) is 44.6 Å². The van der Waals surface area contributed by atoms with Gasteiger partial charge in [0, 0.05) is 48.3 Å². The van der Waals surface area contributed by atoms with Crippen LogP contribution < -0.4 is 16.0 Å². The van der Waals surface area contributed by atoms with Crippen molar-refractivity contribution in [3.05, 3.63) is 83.1 Å². The lowest BCUT2D eigenvalue weighted by atomic mass is 10.2. The highest BCUT2D eigenvalue weighted by molar-refractivity contribution is 6.33. The molecule has 10 nitrogen and oxygen atoms in total. The number of anilines is 4. The Labute approximate surface area is 228 Å². The van der Waals surface area contributed by atoms with Crippen LogP contribution in [0.2, 0.25) is 5.02 Å². The number of amides is 1. The zero-order chi connectivity index (χ0) is 27.3. The van der Waals surface area contributed by atoms with Crippen LogP contribution in [0.15, 0.2) is 66.9 Å². The van der Waals surface area contributed by atoms with Crippen molar-refractivity contribution in [3.63, 3.8) is 0 Å².